The van der Waals surface area contributed by atoms with E-state index >= 15 is 0 Å². The molecule has 1 aliphatic rings. The van der Waals surface area contributed by atoms with Crippen LogP contribution in [0.2, 0.25) is 0 Å². The predicted molar refractivity (Wildman–Crippen MR) is 79.5 cm³/mol. The molecule has 1 saturated heterocycles. The molecular weight excluding hydrogens is 242 g/mol. The number of aryl methyl sites for hydroxylation is 1. The van der Waals surface area contributed by atoms with E-state index in [2.05, 4.69) is 31.0 Å². The Labute approximate surface area is 115 Å². The van der Waals surface area contributed by atoms with Crippen molar-refractivity contribution < 1.29 is 0 Å². The van der Waals surface area contributed by atoms with Gasteiger partial charge in [-0.05, 0) is 32.2 Å². The highest BCUT2D eigenvalue weighted by molar-refractivity contribution is 7.15. The largest absolute Gasteiger partial charge is 0.348 e. The van der Waals surface area contributed by atoms with Crippen molar-refractivity contribution in [2.75, 3.05) is 24.5 Å². The Morgan fingerprint density at radius 3 is 2.67 bits per heavy atom. The molecule has 3 nitrogen and oxygen atoms in total. The van der Waals surface area contributed by atoms with Crippen LogP contribution in [0.4, 0.5) is 5.13 Å². The van der Waals surface area contributed by atoms with Gasteiger partial charge in [-0.2, -0.15) is 0 Å². The highest BCUT2D eigenvalue weighted by Gasteiger charge is 2.20. The first-order valence-electron chi connectivity index (χ1n) is 7.16. The minimum atomic E-state index is 0.934. The van der Waals surface area contributed by atoms with Crippen molar-refractivity contribution in [2.24, 2.45) is 5.92 Å². The van der Waals surface area contributed by atoms with Crippen LogP contribution in [-0.4, -0.2) is 24.6 Å². The average molecular weight is 267 g/mol. The third-order valence-corrected chi connectivity index (χ3v) is 5.10. The minimum absolute atomic E-state index is 0.934. The molecule has 0 radical (unpaired) electrons. The molecule has 0 unspecified atom stereocenters. The first-order chi connectivity index (χ1) is 8.74. The summed E-state index contributed by atoms with van der Waals surface area (Å²) in [6.07, 6.45) is 3.99. The van der Waals surface area contributed by atoms with Crippen LogP contribution in [0.5, 0.6) is 0 Å². The van der Waals surface area contributed by atoms with Crippen LogP contribution in [0.25, 0.3) is 0 Å². The topological polar surface area (TPSA) is 28.2 Å². The molecule has 2 rings (SSSR count). The van der Waals surface area contributed by atoms with Gasteiger partial charge in [-0.25, -0.2) is 4.98 Å². The highest BCUT2D eigenvalue weighted by atomic mass is 32.1. The van der Waals surface area contributed by atoms with E-state index in [-0.39, 0.29) is 0 Å². The Balaban J connectivity index is 1.97. The maximum atomic E-state index is 4.74. The van der Waals surface area contributed by atoms with Gasteiger partial charge < -0.3 is 10.2 Å². The molecule has 102 valence electrons. The lowest BCUT2D eigenvalue weighted by Gasteiger charge is -2.31. The van der Waals surface area contributed by atoms with Crippen molar-refractivity contribution in [2.45, 2.75) is 46.6 Å². The normalized spacial score (nSPS) is 17.4. The van der Waals surface area contributed by atoms with E-state index in [1.54, 1.807) is 0 Å². The van der Waals surface area contributed by atoms with Gasteiger partial charge in [0.05, 0.1) is 5.69 Å². The fourth-order valence-electron chi connectivity index (χ4n) is 2.48. The van der Waals surface area contributed by atoms with Crippen LogP contribution < -0.4 is 10.2 Å². The minimum Gasteiger partial charge on any atom is -0.348 e. The fraction of sp³-hybridized carbons (Fsp3) is 0.786. The van der Waals surface area contributed by atoms with Crippen LogP contribution in [0, 0.1) is 12.8 Å². The van der Waals surface area contributed by atoms with Crippen LogP contribution in [0.3, 0.4) is 0 Å². The van der Waals surface area contributed by atoms with E-state index in [9.17, 15) is 0 Å². The van der Waals surface area contributed by atoms with E-state index < -0.39 is 0 Å². The molecule has 0 bridgehead atoms. The standard InChI is InChI=1S/C14H25N3S/c1-4-12-6-8-17(9-7-12)14-16-11(3)13(18-14)10-15-5-2/h12,15H,4-10H2,1-3H3. The van der Waals surface area contributed by atoms with Crippen molar-refractivity contribution in [1.29, 1.82) is 0 Å². The third kappa shape index (κ3) is 3.23. The lowest BCUT2D eigenvalue weighted by molar-refractivity contribution is 0.395. The molecule has 1 aromatic heterocycles. The summed E-state index contributed by atoms with van der Waals surface area (Å²) >= 11 is 1.87. The first-order valence-corrected chi connectivity index (χ1v) is 7.98. The molecule has 1 aromatic rings. The van der Waals surface area contributed by atoms with E-state index in [0.717, 1.165) is 19.0 Å². The summed E-state index contributed by atoms with van der Waals surface area (Å²) < 4.78 is 0. The van der Waals surface area contributed by atoms with E-state index in [4.69, 9.17) is 4.98 Å². The summed E-state index contributed by atoms with van der Waals surface area (Å²) in [6.45, 7) is 10.9. The summed E-state index contributed by atoms with van der Waals surface area (Å²) in [4.78, 5) is 8.61. The molecule has 1 fully saturated rings. The number of rotatable bonds is 5. The number of nitrogens with zero attached hydrogens (tertiary/aromatic N) is 2. The molecule has 0 amide bonds. The molecule has 0 aliphatic carbocycles. The smallest absolute Gasteiger partial charge is 0.185 e. The van der Waals surface area contributed by atoms with Gasteiger partial charge in [-0.1, -0.05) is 20.3 Å². The monoisotopic (exact) mass is 267 g/mol. The predicted octanol–water partition coefficient (Wildman–Crippen LogP) is 3.19. The second kappa shape index (κ2) is 6.53. The zero-order valence-corrected chi connectivity index (χ0v) is 12.6. The Morgan fingerprint density at radius 2 is 2.06 bits per heavy atom. The maximum absolute atomic E-state index is 4.74. The molecule has 0 spiro atoms. The molecule has 18 heavy (non-hydrogen) atoms. The lowest BCUT2D eigenvalue weighted by Crippen LogP contribution is -2.33. The SMILES string of the molecule is CCNCc1sc(N2CCC(CC)CC2)nc1C. The van der Waals surface area contributed by atoms with Crippen molar-refractivity contribution in [3.05, 3.63) is 10.6 Å². The van der Waals surface area contributed by atoms with Crippen LogP contribution >= 0.6 is 11.3 Å². The van der Waals surface area contributed by atoms with Gasteiger partial charge in [0.2, 0.25) is 0 Å². The Kier molecular flexibility index (Phi) is 5.01. The number of hydrogen-bond donors (Lipinski definition) is 1. The highest BCUT2D eigenvalue weighted by Crippen LogP contribution is 2.30. The van der Waals surface area contributed by atoms with Gasteiger partial charge in [0.1, 0.15) is 0 Å². The van der Waals surface area contributed by atoms with Gasteiger partial charge in [-0.15, -0.1) is 11.3 Å². The van der Waals surface area contributed by atoms with Crippen LogP contribution in [-0.2, 0) is 6.54 Å². The average Bonchev–Trinajstić information content (AvgIpc) is 2.78. The number of nitrogens with one attached hydrogen (secondary N) is 1. The molecule has 0 aromatic carbocycles. The zero-order chi connectivity index (χ0) is 13.0. The van der Waals surface area contributed by atoms with Gasteiger partial charge >= 0.3 is 0 Å². The van der Waals surface area contributed by atoms with Crippen molar-refractivity contribution in [3.8, 4) is 0 Å². The van der Waals surface area contributed by atoms with Crippen LogP contribution in [0.1, 0.15) is 43.7 Å². The quantitative estimate of drug-likeness (QED) is 0.888. The molecule has 0 atom stereocenters. The Hall–Kier alpha value is -0.610. The summed E-state index contributed by atoms with van der Waals surface area (Å²) in [5.74, 6) is 0.934. The number of thiazole rings is 1. The van der Waals surface area contributed by atoms with Gasteiger partial charge in [-0.3, -0.25) is 0 Å². The zero-order valence-electron chi connectivity index (χ0n) is 11.8. The third-order valence-electron chi connectivity index (χ3n) is 3.88. The van der Waals surface area contributed by atoms with Crippen molar-refractivity contribution in [3.63, 3.8) is 0 Å². The molecule has 1 aliphatic heterocycles. The van der Waals surface area contributed by atoms with E-state index in [1.165, 1.54) is 48.1 Å². The van der Waals surface area contributed by atoms with Gasteiger partial charge in [0.25, 0.3) is 0 Å². The summed E-state index contributed by atoms with van der Waals surface area (Å²) in [5, 5.41) is 4.62. The molecule has 2 heterocycles. The fourth-order valence-corrected chi connectivity index (χ4v) is 3.57. The maximum Gasteiger partial charge on any atom is 0.185 e. The summed E-state index contributed by atoms with van der Waals surface area (Å²) in [6, 6.07) is 0. The van der Waals surface area contributed by atoms with Gasteiger partial charge in [0, 0.05) is 24.5 Å². The summed E-state index contributed by atoms with van der Waals surface area (Å²) in [7, 11) is 0. The molecule has 4 heteroatoms. The number of anilines is 1. The van der Waals surface area contributed by atoms with E-state index in [0.29, 0.717) is 0 Å². The van der Waals surface area contributed by atoms with Crippen molar-refractivity contribution in [1.82, 2.24) is 10.3 Å². The number of aromatic nitrogens is 1. The molecular formula is C14H25N3S. The second-order valence-corrected chi connectivity index (χ2v) is 6.19. The van der Waals surface area contributed by atoms with Crippen LogP contribution in [0.15, 0.2) is 0 Å². The van der Waals surface area contributed by atoms with Gasteiger partial charge in [0.15, 0.2) is 5.13 Å². The van der Waals surface area contributed by atoms with Crippen molar-refractivity contribution >= 4 is 16.5 Å². The first kappa shape index (κ1) is 13.8. The molecule has 0 saturated carbocycles. The summed E-state index contributed by atoms with van der Waals surface area (Å²) in [5.41, 5.74) is 1.20. The Morgan fingerprint density at radius 1 is 1.33 bits per heavy atom. The van der Waals surface area contributed by atoms with E-state index in [1.807, 2.05) is 11.3 Å². The second-order valence-electron chi connectivity index (χ2n) is 5.12. The number of hydrogen-bond acceptors (Lipinski definition) is 4. The number of piperidine rings is 1. The lowest BCUT2D eigenvalue weighted by atomic mass is 9.95. The Bertz CT molecular complexity index is 367. The molecule has 1 N–H and O–H groups in total.